The van der Waals surface area contributed by atoms with E-state index in [0.717, 1.165) is 15.7 Å². The van der Waals surface area contributed by atoms with Crippen LogP contribution in [0.25, 0.3) is 0 Å². The highest BCUT2D eigenvalue weighted by atomic mass is 79.9. The van der Waals surface area contributed by atoms with E-state index < -0.39 is 0 Å². The van der Waals surface area contributed by atoms with Crippen LogP contribution >= 0.6 is 15.9 Å². The molecule has 3 N–H and O–H groups in total. The van der Waals surface area contributed by atoms with Crippen molar-refractivity contribution in [3.05, 3.63) is 52.5 Å². The minimum absolute atomic E-state index is 0.0883. The number of hydrogen-bond donors (Lipinski definition) is 2. The third kappa shape index (κ3) is 4.79. The van der Waals surface area contributed by atoms with Crippen molar-refractivity contribution in [1.29, 1.82) is 0 Å². The van der Waals surface area contributed by atoms with Crippen molar-refractivity contribution in [3.8, 4) is 5.75 Å². The van der Waals surface area contributed by atoms with Crippen LogP contribution in [0, 0.1) is 6.92 Å². The third-order valence-electron chi connectivity index (χ3n) is 2.91. The largest absolute Gasteiger partial charge is 0.493 e. The molecule has 0 aliphatic heterocycles. The summed E-state index contributed by atoms with van der Waals surface area (Å²) in [5.74, 6) is 0.579. The molecule has 0 aliphatic carbocycles. The Bertz CT molecular complexity index is 644. The lowest BCUT2D eigenvalue weighted by molar-refractivity contribution is -0.116. The Hall–Kier alpha value is -2.01. The van der Waals surface area contributed by atoms with Crippen LogP contribution < -0.4 is 15.8 Å². The third-order valence-corrected chi connectivity index (χ3v) is 3.77. The lowest BCUT2D eigenvalue weighted by Gasteiger charge is -2.08. The smallest absolute Gasteiger partial charge is 0.227 e. The number of ether oxygens (including phenoxy) is 1. The summed E-state index contributed by atoms with van der Waals surface area (Å²) in [4.78, 5) is 11.8. The first kappa shape index (κ1) is 15.4. The molecule has 0 spiro atoms. The summed E-state index contributed by atoms with van der Waals surface area (Å²) in [7, 11) is 0. The average molecular weight is 349 g/mol. The first-order valence-corrected chi connectivity index (χ1v) is 7.38. The average Bonchev–Trinajstić information content (AvgIpc) is 2.43. The van der Waals surface area contributed by atoms with Crippen LogP contribution in [0.4, 0.5) is 11.4 Å². The first-order chi connectivity index (χ1) is 10.0. The van der Waals surface area contributed by atoms with Gasteiger partial charge in [-0.25, -0.2) is 0 Å². The number of amides is 1. The van der Waals surface area contributed by atoms with Crippen molar-refractivity contribution in [1.82, 2.24) is 0 Å². The lowest BCUT2D eigenvalue weighted by Crippen LogP contribution is -2.15. The first-order valence-electron chi connectivity index (χ1n) is 6.59. The Labute approximate surface area is 132 Å². The molecule has 2 aromatic carbocycles. The van der Waals surface area contributed by atoms with Gasteiger partial charge in [0.2, 0.25) is 5.91 Å². The molecule has 0 saturated heterocycles. The molecule has 21 heavy (non-hydrogen) atoms. The van der Waals surface area contributed by atoms with Crippen LogP contribution in [0.1, 0.15) is 12.0 Å². The van der Waals surface area contributed by atoms with Crippen molar-refractivity contribution in [2.75, 3.05) is 17.7 Å². The van der Waals surface area contributed by atoms with Crippen molar-refractivity contribution < 1.29 is 9.53 Å². The Morgan fingerprint density at radius 1 is 1.29 bits per heavy atom. The second-order valence-corrected chi connectivity index (χ2v) is 5.54. The van der Waals surface area contributed by atoms with E-state index in [1.807, 2.05) is 37.3 Å². The van der Waals surface area contributed by atoms with Crippen molar-refractivity contribution in [2.24, 2.45) is 0 Å². The molecule has 0 radical (unpaired) electrons. The molecule has 0 heterocycles. The van der Waals surface area contributed by atoms with Gasteiger partial charge in [0.25, 0.3) is 0 Å². The molecular formula is C16H17BrN2O2. The highest BCUT2D eigenvalue weighted by Crippen LogP contribution is 2.20. The van der Waals surface area contributed by atoms with Gasteiger partial charge in [-0.2, -0.15) is 0 Å². The summed E-state index contributed by atoms with van der Waals surface area (Å²) >= 11 is 3.44. The number of halogens is 1. The molecule has 0 unspecified atom stereocenters. The second-order valence-electron chi connectivity index (χ2n) is 4.68. The SMILES string of the molecule is Cc1ccc(NC(=O)CCOc2cccc(N)c2)cc1Br. The van der Waals surface area contributed by atoms with Gasteiger partial charge in [-0.3, -0.25) is 4.79 Å². The van der Waals surface area contributed by atoms with Crippen molar-refractivity contribution >= 4 is 33.2 Å². The lowest BCUT2D eigenvalue weighted by atomic mass is 10.2. The van der Waals surface area contributed by atoms with Gasteiger partial charge in [0.1, 0.15) is 5.75 Å². The number of nitrogens with two attached hydrogens (primary N) is 1. The Kier molecular flexibility index (Phi) is 5.22. The minimum atomic E-state index is -0.0883. The van der Waals surface area contributed by atoms with Crippen LogP contribution in [-0.2, 0) is 4.79 Å². The van der Waals surface area contributed by atoms with E-state index in [1.54, 1.807) is 12.1 Å². The van der Waals surface area contributed by atoms with Crippen molar-refractivity contribution in [2.45, 2.75) is 13.3 Å². The molecule has 0 fully saturated rings. The van der Waals surface area contributed by atoms with Crippen LogP contribution in [0.5, 0.6) is 5.75 Å². The molecule has 5 heteroatoms. The van der Waals surface area contributed by atoms with E-state index >= 15 is 0 Å². The quantitative estimate of drug-likeness (QED) is 0.808. The van der Waals surface area contributed by atoms with E-state index in [9.17, 15) is 4.79 Å². The molecule has 2 rings (SSSR count). The van der Waals surface area contributed by atoms with Gasteiger partial charge >= 0.3 is 0 Å². The predicted molar refractivity (Wildman–Crippen MR) is 88.5 cm³/mol. The Balaban J connectivity index is 1.81. The van der Waals surface area contributed by atoms with Crippen LogP contribution in [0.15, 0.2) is 46.9 Å². The topological polar surface area (TPSA) is 64.3 Å². The Morgan fingerprint density at radius 3 is 2.81 bits per heavy atom. The second kappa shape index (κ2) is 7.13. The van der Waals surface area contributed by atoms with Gasteiger partial charge in [-0.15, -0.1) is 0 Å². The normalized spacial score (nSPS) is 10.2. The highest BCUT2D eigenvalue weighted by molar-refractivity contribution is 9.10. The number of benzene rings is 2. The Morgan fingerprint density at radius 2 is 2.10 bits per heavy atom. The maximum atomic E-state index is 11.8. The van der Waals surface area contributed by atoms with Crippen molar-refractivity contribution in [3.63, 3.8) is 0 Å². The van der Waals surface area contributed by atoms with E-state index in [2.05, 4.69) is 21.2 Å². The standard InChI is InChI=1S/C16H17BrN2O2/c1-11-5-6-13(10-15(11)17)19-16(20)7-8-21-14-4-2-3-12(18)9-14/h2-6,9-10H,7-8,18H2,1H3,(H,19,20). The monoisotopic (exact) mass is 348 g/mol. The zero-order chi connectivity index (χ0) is 15.2. The summed E-state index contributed by atoms with van der Waals surface area (Å²) in [6.07, 6.45) is 0.278. The molecule has 0 aliphatic rings. The van der Waals surface area contributed by atoms with E-state index in [4.69, 9.17) is 10.5 Å². The maximum Gasteiger partial charge on any atom is 0.227 e. The molecule has 110 valence electrons. The van der Waals surface area contributed by atoms with E-state index in [-0.39, 0.29) is 12.3 Å². The van der Waals surface area contributed by atoms with E-state index in [0.29, 0.717) is 18.0 Å². The number of anilines is 2. The number of aryl methyl sites for hydroxylation is 1. The summed E-state index contributed by atoms with van der Waals surface area (Å²) in [6, 6.07) is 12.8. The fourth-order valence-electron chi connectivity index (χ4n) is 1.76. The molecule has 0 atom stereocenters. The van der Waals surface area contributed by atoms with Gasteiger partial charge in [-0.05, 0) is 36.8 Å². The molecular weight excluding hydrogens is 332 g/mol. The number of hydrogen-bond acceptors (Lipinski definition) is 3. The van der Waals surface area contributed by atoms with Gasteiger partial charge in [0.05, 0.1) is 13.0 Å². The fraction of sp³-hybridized carbons (Fsp3) is 0.188. The number of rotatable bonds is 5. The number of nitrogens with one attached hydrogen (secondary N) is 1. The zero-order valence-corrected chi connectivity index (χ0v) is 13.3. The molecule has 0 saturated carbocycles. The maximum absolute atomic E-state index is 11.8. The molecule has 0 bridgehead atoms. The van der Waals surface area contributed by atoms with Gasteiger partial charge < -0.3 is 15.8 Å². The van der Waals surface area contributed by atoms with Crippen LogP contribution in [0.2, 0.25) is 0 Å². The summed E-state index contributed by atoms with van der Waals surface area (Å²) in [5, 5.41) is 2.83. The summed E-state index contributed by atoms with van der Waals surface area (Å²) < 4.78 is 6.46. The van der Waals surface area contributed by atoms with Gasteiger partial charge in [0.15, 0.2) is 0 Å². The van der Waals surface area contributed by atoms with Crippen LogP contribution in [0.3, 0.4) is 0 Å². The minimum Gasteiger partial charge on any atom is -0.493 e. The number of nitrogen functional groups attached to an aromatic ring is 1. The molecule has 2 aromatic rings. The van der Waals surface area contributed by atoms with Gasteiger partial charge in [-0.1, -0.05) is 28.1 Å². The predicted octanol–water partition coefficient (Wildman–Crippen LogP) is 3.75. The number of carbonyl (C=O) groups excluding carboxylic acids is 1. The fourth-order valence-corrected chi connectivity index (χ4v) is 2.14. The molecule has 0 aromatic heterocycles. The van der Waals surface area contributed by atoms with Crippen LogP contribution in [-0.4, -0.2) is 12.5 Å². The molecule has 1 amide bonds. The molecule has 4 nitrogen and oxygen atoms in total. The zero-order valence-electron chi connectivity index (χ0n) is 11.7. The van der Waals surface area contributed by atoms with Gasteiger partial charge in [0, 0.05) is 21.9 Å². The summed E-state index contributed by atoms with van der Waals surface area (Å²) in [5.41, 5.74) is 8.18. The highest BCUT2D eigenvalue weighted by Gasteiger charge is 2.04. The van der Waals surface area contributed by atoms with E-state index in [1.165, 1.54) is 0 Å². The summed E-state index contributed by atoms with van der Waals surface area (Å²) in [6.45, 7) is 2.30. The number of carbonyl (C=O) groups is 1.